The van der Waals surface area contributed by atoms with Gasteiger partial charge in [0, 0.05) is 5.92 Å². The van der Waals surface area contributed by atoms with E-state index in [-0.39, 0.29) is 22.7 Å². The number of carbonyl (C=O) groups excluding carboxylic acids is 1. The van der Waals surface area contributed by atoms with Gasteiger partial charge < -0.3 is 4.42 Å². The van der Waals surface area contributed by atoms with E-state index < -0.39 is 0 Å². The molecule has 0 unspecified atom stereocenters. The van der Waals surface area contributed by atoms with E-state index in [0.29, 0.717) is 11.7 Å². The topological polar surface area (TPSA) is 30.2 Å². The molecule has 1 heterocycles. The van der Waals surface area contributed by atoms with Crippen LogP contribution in [0.5, 0.6) is 0 Å². The van der Waals surface area contributed by atoms with Gasteiger partial charge in [-0.3, -0.25) is 4.79 Å². The molecule has 2 heteroatoms. The van der Waals surface area contributed by atoms with Crippen molar-refractivity contribution < 1.29 is 9.21 Å². The molecule has 1 aromatic heterocycles. The molecule has 0 aromatic carbocycles. The van der Waals surface area contributed by atoms with Crippen molar-refractivity contribution in [2.45, 2.75) is 46.0 Å². The summed E-state index contributed by atoms with van der Waals surface area (Å²) in [6.45, 7) is 7.06. The Balaban J connectivity index is 1.77. The number of Topliss-reactive ketones (excluding diaryl/α,β-unsaturated/α-hetero) is 1. The summed E-state index contributed by atoms with van der Waals surface area (Å²) in [5, 5.41) is 0. The summed E-state index contributed by atoms with van der Waals surface area (Å²) < 4.78 is 5.55. The van der Waals surface area contributed by atoms with Gasteiger partial charge >= 0.3 is 0 Å². The van der Waals surface area contributed by atoms with Gasteiger partial charge in [0.05, 0.1) is 12.2 Å². The molecule has 2 nitrogen and oxygen atoms in total. The smallest absolute Gasteiger partial charge is 0.151 e. The summed E-state index contributed by atoms with van der Waals surface area (Å²) in [5.74, 6) is 1.79. The lowest BCUT2D eigenvalue weighted by Gasteiger charge is -2.51. The van der Waals surface area contributed by atoms with Crippen molar-refractivity contribution in [2.75, 3.05) is 0 Å². The summed E-state index contributed by atoms with van der Waals surface area (Å²) in [5.41, 5.74) is 1.98. The number of rotatable bonds is 1. The van der Waals surface area contributed by atoms with Crippen LogP contribution in [0, 0.1) is 22.7 Å². The Morgan fingerprint density at radius 2 is 2.05 bits per heavy atom. The Kier molecular flexibility index (Phi) is 2.28. The van der Waals surface area contributed by atoms with Gasteiger partial charge in [-0.05, 0) is 41.7 Å². The van der Waals surface area contributed by atoms with Crippen LogP contribution in [-0.2, 0) is 4.79 Å². The molecule has 0 radical (unpaired) electrons. The lowest BCUT2D eigenvalue weighted by Crippen LogP contribution is -2.50. The predicted molar refractivity (Wildman–Crippen MR) is 77.3 cm³/mol. The third kappa shape index (κ3) is 1.32. The van der Waals surface area contributed by atoms with E-state index in [1.165, 1.54) is 24.8 Å². The summed E-state index contributed by atoms with van der Waals surface area (Å²) in [6, 6.07) is 3.86. The maximum Gasteiger partial charge on any atom is 0.151 e. The third-order valence-electron chi connectivity index (χ3n) is 6.16. The van der Waals surface area contributed by atoms with E-state index in [0.717, 1.165) is 5.76 Å². The first-order chi connectivity index (χ1) is 9.45. The van der Waals surface area contributed by atoms with Crippen LogP contribution in [0.2, 0.25) is 0 Å². The minimum Gasteiger partial charge on any atom is -0.469 e. The number of hydrogen-bond acceptors (Lipinski definition) is 2. The largest absolute Gasteiger partial charge is 0.469 e. The zero-order valence-corrected chi connectivity index (χ0v) is 12.5. The molecule has 0 spiro atoms. The summed E-state index contributed by atoms with van der Waals surface area (Å²) in [4.78, 5) is 12.5. The molecule has 0 N–H and O–H groups in total. The van der Waals surface area contributed by atoms with Crippen LogP contribution in [0.3, 0.4) is 0 Å². The molecule has 0 amide bonds. The van der Waals surface area contributed by atoms with Crippen molar-refractivity contribution in [3.63, 3.8) is 0 Å². The zero-order chi connectivity index (χ0) is 14.1. The Morgan fingerprint density at radius 3 is 2.75 bits per heavy atom. The van der Waals surface area contributed by atoms with Gasteiger partial charge in [0.25, 0.3) is 0 Å². The zero-order valence-electron chi connectivity index (χ0n) is 12.5. The van der Waals surface area contributed by atoms with Crippen LogP contribution in [0.1, 0.15) is 51.7 Å². The average molecular weight is 270 g/mol. The van der Waals surface area contributed by atoms with Crippen molar-refractivity contribution in [2.24, 2.45) is 22.7 Å². The second-order valence-electron chi connectivity index (χ2n) is 7.68. The molecule has 3 aliphatic carbocycles. The van der Waals surface area contributed by atoms with Crippen LogP contribution < -0.4 is 0 Å². The van der Waals surface area contributed by atoms with Gasteiger partial charge in [0.15, 0.2) is 5.78 Å². The minimum absolute atomic E-state index is 0.0114. The minimum atomic E-state index is -0.0114. The van der Waals surface area contributed by atoms with E-state index in [1.807, 2.05) is 12.1 Å². The summed E-state index contributed by atoms with van der Waals surface area (Å²) >= 11 is 0. The lowest BCUT2D eigenvalue weighted by molar-refractivity contribution is -0.139. The molecule has 1 aromatic rings. The summed E-state index contributed by atoms with van der Waals surface area (Å²) in [6.07, 6.45) is 7.72. The number of hydrogen-bond donors (Lipinski definition) is 0. The normalized spacial score (nSPS) is 41.6. The summed E-state index contributed by atoms with van der Waals surface area (Å²) in [7, 11) is 0. The van der Waals surface area contributed by atoms with Gasteiger partial charge in [-0.25, -0.2) is 0 Å². The lowest BCUT2D eigenvalue weighted by atomic mass is 9.51. The Labute approximate surface area is 120 Å². The predicted octanol–water partition coefficient (Wildman–Crippen LogP) is 4.33. The fraction of sp³-hybridized carbons (Fsp3) is 0.611. The van der Waals surface area contributed by atoms with Crippen molar-refractivity contribution in [3.05, 3.63) is 35.8 Å². The fourth-order valence-corrected chi connectivity index (χ4v) is 5.27. The second-order valence-corrected chi connectivity index (χ2v) is 7.68. The van der Waals surface area contributed by atoms with E-state index in [1.54, 1.807) is 6.26 Å². The van der Waals surface area contributed by atoms with Crippen LogP contribution in [-0.4, -0.2) is 5.78 Å². The van der Waals surface area contributed by atoms with Crippen molar-refractivity contribution in [3.8, 4) is 0 Å². The molecule has 2 saturated carbocycles. The van der Waals surface area contributed by atoms with Gasteiger partial charge in [-0.2, -0.15) is 0 Å². The maximum atomic E-state index is 12.5. The van der Waals surface area contributed by atoms with E-state index in [2.05, 4.69) is 26.8 Å². The highest BCUT2D eigenvalue weighted by Gasteiger charge is 2.64. The molecule has 0 saturated heterocycles. The van der Waals surface area contributed by atoms with Crippen molar-refractivity contribution in [1.29, 1.82) is 0 Å². The highest BCUT2D eigenvalue weighted by molar-refractivity contribution is 5.97. The van der Waals surface area contributed by atoms with E-state index in [4.69, 9.17) is 4.42 Å². The van der Waals surface area contributed by atoms with Crippen LogP contribution in [0.15, 0.2) is 34.5 Å². The second kappa shape index (κ2) is 3.66. The molecule has 106 valence electrons. The molecule has 0 bridgehead atoms. The Bertz CT molecular complexity index is 593. The molecule has 4 atom stereocenters. The monoisotopic (exact) mass is 270 g/mol. The maximum absolute atomic E-state index is 12.5. The quantitative estimate of drug-likeness (QED) is 0.711. The van der Waals surface area contributed by atoms with Crippen LogP contribution >= 0.6 is 0 Å². The molecule has 3 aliphatic rings. The van der Waals surface area contributed by atoms with Crippen molar-refractivity contribution in [1.82, 2.24) is 0 Å². The first-order valence-electron chi connectivity index (χ1n) is 7.75. The van der Waals surface area contributed by atoms with Gasteiger partial charge in [0.2, 0.25) is 0 Å². The molecular weight excluding hydrogens is 248 g/mol. The Hall–Kier alpha value is -1.31. The van der Waals surface area contributed by atoms with E-state index in [9.17, 15) is 4.79 Å². The number of carbonyl (C=O) groups is 1. The molecule has 4 rings (SSSR count). The van der Waals surface area contributed by atoms with Crippen LogP contribution in [0.4, 0.5) is 0 Å². The van der Waals surface area contributed by atoms with E-state index >= 15 is 0 Å². The Morgan fingerprint density at radius 1 is 1.25 bits per heavy atom. The van der Waals surface area contributed by atoms with Gasteiger partial charge in [-0.1, -0.05) is 38.8 Å². The molecule has 20 heavy (non-hydrogen) atoms. The average Bonchev–Trinajstić information content (AvgIpc) is 2.95. The highest BCUT2D eigenvalue weighted by atomic mass is 16.3. The van der Waals surface area contributed by atoms with Crippen LogP contribution in [0.25, 0.3) is 0 Å². The SMILES string of the molecule is CC1(C)CCC[C@@]2(C)C1=C[C@H]1C(=O)[C@H](c3ccco3)[C@H]12. The van der Waals surface area contributed by atoms with Crippen molar-refractivity contribution >= 4 is 5.78 Å². The number of furan rings is 1. The van der Waals surface area contributed by atoms with Gasteiger partial charge in [0.1, 0.15) is 5.76 Å². The molecule has 2 fully saturated rings. The third-order valence-corrected chi connectivity index (χ3v) is 6.16. The number of fused-ring (bicyclic) bond motifs is 3. The number of ketones is 1. The first-order valence-corrected chi connectivity index (χ1v) is 7.75. The first kappa shape index (κ1) is 12.4. The van der Waals surface area contributed by atoms with Gasteiger partial charge in [-0.15, -0.1) is 0 Å². The highest BCUT2D eigenvalue weighted by Crippen LogP contribution is 2.68. The standard InChI is InChI=1S/C18H22O2/c1-17(2)7-5-8-18(3)13(17)10-11-15(18)14(16(11)19)12-6-4-9-20-12/h4,6,9-11,14-15H,5,7-8H2,1-3H3/t11-,14-,15+,18+/m1/s1. The number of allylic oxidation sites excluding steroid dienone is 2. The molecule has 0 aliphatic heterocycles. The molecular formula is C18H22O2. The fourth-order valence-electron chi connectivity index (χ4n) is 5.27.